The topological polar surface area (TPSA) is 87.1 Å². The van der Waals surface area contributed by atoms with E-state index in [1.165, 1.54) is 7.05 Å². The lowest BCUT2D eigenvalue weighted by Gasteiger charge is -2.09. The van der Waals surface area contributed by atoms with E-state index in [2.05, 4.69) is 20.6 Å². The van der Waals surface area contributed by atoms with Crippen molar-refractivity contribution >= 4 is 11.9 Å². The van der Waals surface area contributed by atoms with Crippen molar-refractivity contribution in [1.29, 1.82) is 0 Å². The van der Waals surface area contributed by atoms with Crippen LogP contribution in [0.2, 0.25) is 0 Å². The van der Waals surface area contributed by atoms with Crippen molar-refractivity contribution in [2.75, 3.05) is 18.9 Å². The Kier molecular flexibility index (Phi) is 3.81. The minimum Gasteiger partial charge on any atom is -0.381 e. The van der Waals surface area contributed by atoms with Gasteiger partial charge in [-0.3, -0.25) is 4.79 Å². The normalized spacial score (nSPS) is 11.9. The number of anilines is 1. The highest BCUT2D eigenvalue weighted by molar-refractivity contribution is 5.80. The molecule has 0 bridgehead atoms. The molecule has 1 aromatic heterocycles. The minimum atomic E-state index is -1.09. The van der Waals surface area contributed by atoms with Crippen molar-refractivity contribution in [3.05, 3.63) is 18.5 Å². The van der Waals surface area contributed by atoms with Crippen molar-refractivity contribution in [1.82, 2.24) is 15.3 Å². The molecule has 0 spiro atoms. The summed E-state index contributed by atoms with van der Waals surface area (Å²) in [6.45, 7) is 0.0870. The van der Waals surface area contributed by atoms with Crippen LogP contribution in [-0.2, 0) is 4.79 Å². The molecule has 0 aliphatic rings. The molecule has 1 heterocycles. The predicted molar refractivity (Wildman–Crippen MR) is 50.6 cm³/mol. The van der Waals surface area contributed by atoms with Crippen molar-refractivity contribution in [3.63, 3.8) is 0 Å². The Bertz CT molecular complexity index is 291. The third-order valence-corrected chi connectivity index (χ3v) is 1.57. The molecule has 0 radical (unpaired) electrons. The maximum atomic E-state index is 10.9. The van der Waals surface area contributed by atoms with Gasteiger partial charge in [0.05, 0.1) is 6.54 Å². The van der Waals surface area contributed by atoms with Crippen LogP contribution in [0.5, 0.6) is 0 Å². The monoisotopic (exact) mass is 196 g/mol. The van der Waals surface area contributed by atoms with Gasteiger partial charge in [-0.15, -0.1) is 0 Å². The number of aliphatic hydroxyl groups is 1. The summed E-state index contributed by atoms with van der Waals surface area (Å²) in [6.07, 6.45) is 2.05. The number of amides is 1. The Morgan fingerprint density at radius 1 is 1.57 bits per heavy atom. The Morgan fingerprint density at radius 3 is 2.79 bits per heavy atom. The zero-order chi connectivity index (χ0) is 10.4. The molecule has 0 fully saturated rings. The maximum Gasteiger partial charge on any atom is 0.250 e. The summed E-state index contributed by atoms with van der Waals surface area (Å²) in [5, 5.41) is 14.3. The molecule has 14 heavy (non-hydrogen) atoms. The van der Waals surface area contributed by atoms with Crippen LogP contribution in [0, 0.1) is 0 Å². The summed E-state index contributed by atoms with van der Waals surface area (Å²) >= 11 is 0. The number of aromatic nitrogens is 2. The van der Waals surface area contributed by atoms with Crippen LogP contribution in [0.15, 0.2) is 18.5 Å². The summed E-state index contributed by atoms with van der Waals surface area (Å²) in [5.74, 6) is -0.0520. The van der Waals surface area contributed by atoms with Crippen molar-refractivity contribution in [3.8, 4) is 0 Å². The van der Waals surface area contributed by atoms with Crippen molar-refractivity contribution < 1.29 is 9.90 Å². The number of nitrogens with one attached hydrogen (secondary N) is 2. The standard InChI is InChI=1S/C8H12N4O2/c1-9-7(14)6(13)5-12-8-10-3-2-4-11-8/h2-4,6,13H,5H2,1H3,(H,9,14)(H,10,11,12). The quantitative estimate of drug-likeness (QED) is 0.574. The molecule has 0 saturated carbocycles. The number of carbonyl (C=O) groups is 1. The first kappa shape index (κ1) is 10.4. The molecule has 1 unspecified atom stereocenters. The second-order valence-corrected chi connectivity index (χ2v) is 2.58. The molecular formula is C8H12N4O2. The number of carbonyl (C=O) groups excluding carboxylic acids is 1. The van der Waals surface area contributed by atoms with E-state index >= 15 is 0 Å². The lowest BCUT2D eigenvalue weighted by atomic mass is 10.3. The molecule has 1 rings (SSSR count). The Labute approximate surface area is 81.4 Å². The lowest BCUT2D eigenvalue weighted by Crippen LogP contribution is -2.36. The van der Waals surface area contributed by atoms with Crippen LogP contribution in [0.1, 0.15) is 0 Å². The SMILES string of the molecule is CNC(=O)C(O)CNc1ncccn1. The minimum absolute atomic E-state index is 0.0870. The van der Waals surface area contributed by atoms with Gasteiger partial charge in [0.15, 0.2) is 0 Å². The zero-order valence-electron chi connectivity index (χ0n) is 7.77. The molecule has 6 nitrogen and oxygen atoms in total. The molecular weight excluding hydrogens is 184 g/mol. The smallest absolute Gasteiger partial charge is 0.250 e. The van der Waals surface area contributed by atoms with E-state index in [0.29, 0.717) is 5.95 Å². The van der Waals surface area contributed by atoms with E-state index in [9.17, 15) is 9.90 Å². The maximum absolute atomic E-state index is 10.9. The molecule has 0 saturated heterocycles. The molecule has 0 aromatic carbocycles. The van der Waals surface area contributed by atoms with Crippen LogP contribution in [0.4, 0.5) is 5.95 Å². The van der Waals surface area contributed by atoms with Crippen LogP contribution in [-0.4, -0.2) is 40.7 Å². The molecule has 1 atom stereocenters. The second-order valence-electron chi connectivity index (χ2n) is 2.58. The van der Waals surface area contributed by atoms with Gasteiger partial charge in [0.1, 0.15) is 6.10 Å². The van der Waals surface area contributed by atoms with Gasteiger partial charge in [0.25, 0.3) is 0 Å². The van der Waals surface area contributed by atoms with Gasteiger partial charge in [0, 0.05) is 19.4 Å². The van der Waals surface area contributed by atoms with E-state index < -0.39 is 12.0 Å². The molecule has 76 valence electrons. The first-order valence-electron chi connectivity index (χ1n) is 4.14. The first-order chi connectivity index (χ1) is 6.74. The molecule has 1 amide bonds. The highest BCUT2D eigenvalue weighted by Gasteiger charge is 2.12. The number of hydrogen-bond acceptors (Lipinski definition) is 5. The highest BCUT2D eigenvalue weighted by Crippen LogP contribution is 1.94. The van der Waals surface area contributed by atoms with Gasteiger partial charge in [0.2, 0.25) is 11.9 Å². The summed E-state index contributed by atoms with van der Waals surface area (Å²) in [4.78, 5) is 18.6. The van der Waals surface area contributed by atoms with Gasteiger partial charge in [-0.05, 0) is 6.07 Å². The van der Waals surface area contributed by atoms with Gasteiger partial charge in [-0.2, -0.15) is 0 Å². The van der Waals surface area contributed by atoms with Gasteiger partial charge < -0.3 is 15.7 Å². The fraction of sp³-hybridized carbons (Fsp3) is 0.375. The summed E-state index contributed by atoms with van der Waals surface area (Å²) < 4.78 is 0. The average molecular weight is 196 g/mol. The Morgan fingerprint density at radius 2 is 2.21 bits per heavy atom. The summed E-state index contributed by atoms with van der Waals surface area (Å²) in [6, 6.07) is 1.68. The molecule has 0 aliphatic carbocycles. The van der Waals surface area contributed by atoms with E-state index in [1.54, 1.807) is 18.5 Å². The first-order valence-corrected chi connectivity index (χ1v) is 4.14. The van der Waals surface area contributed by atoms with E-state index in [-0.39, 0.29) is 6.54 Å². The molecule has 6 heteroatoms. The van der Waals surface area contributed by atoms with Crippen LogP contribution in [0.3, 0.4) is 0 Å². The van der Waals surface area contributed by atoms with E-state index in [0.717, 1.165) is 0 Å². The molecule has 0 aliphatic heterocycles. The number of aliphatic hydroxyl groups excluding tert-OH is 1. The zero-order valence-corrected chi connectivity index (χ0v) is 7.77. The van der Waals surface area contributed by atoms with Gasteiger partial charge in [-0.1, -0.05) is 0 Å². The third kappa shape index (κ3) is 2.98. The van der Waals surface area contributed by atoms with E-state index in [4.69, 9.17) is 0 Å². The average Bonchev–Trinajstić information content (AvgIpc) is 2.26. The molecule has 3 N–H and O–H groups in total. The van der Waals surface area contributed by atoms with Crippen LogP contribution in [0.25, 0.3) is 0 Å². The fourth-order valence-corrected chi connectivity index (χ4v) is 0.838. The predicted octanol–water partition coefficient (Wildman–Crippen LogP) is -1.00. The van der Waals surface area contributed by atoms with Gasteiger partial charge >= 0.3 is 0 Å². The highest BCUT2D eigenvalue weighted by atomic mass is 16.3. The number of likely N-dealkylation sites (N-methyl/N-ethyl adjacent to an activating group) is 1. The Hall–Kier alpha value is -1.69. The summed E-state index contributed by atoms with van der Waals surface area (Å²) in [5.41, 5.74) is 0. The summed E-state index contributed by atoms with van der Waals surface area (Å²) in [7, 11) is 1.46. The molecule has 1 aromatic rings. The van der Waals surface area contributed by atoms with Crippen LogP contribution >= 0.6 is 0 Å². The van der Waals surface area contributed by atoms with Crippen molar-refractivity contribution in [2.24, 2.45) is 0 Å². The number of rotatable bonds is 4. The van der Waals surface area contributed by atoms with Crippen LogP contribution < -0.4 is 10.6 Å². The van der Waals surface area contributed by atoms with E-state index in [1.807, 2.05) is 0 Å². The Balaban J connectivity index is 2.38. The second kappa shape index (κ2) is 5.13. The largest absolute Gasteiger partial charge is 0.381 e. The van der Waals surface area contributed by atoms with Gasteiger partial charge in [-0.25, -0.2) is 9.97 Å². The fourth-order valence-electron chi connectivity index (χ4n) is 0.838. The van der Waals surface area contributed by atoms with Crippen molar-refractivity contribution in [2.45, 2.75) is 6.10 Å². The lowest BCUT2D eigenvalue weighted by molar-refractivity contribution is -0.128. The number of hydrogen-bond donors (Lipinski definition) is 3. The third-order valence-electron chi connectivity index (χ3n) is 1.57. The number of nitrogens with zero attached hydrogens (tertiary/aromatic N) is 2.